The minimum absolute atomic E-state index is 0. The van der Waals surface area contributed by atoms with E-state index in [-0.39, 0.29) is 24.0 Å². The third kappa shape index (κ3) is 5.99. The van der Waals surface area contributed by atoms with Crippen molar-refractivity contribution in [3.63, 3.8) is 0 Å². The van der Waals surface area contributed by atoms with Gasteiger partial charge in [0.2, 0.25) is 0 Å². The van der Waals surface area contributed by atoms with Crippen LogP contribution in [0.2, 0.25) is 0 Å². The summed E-state index contributed by atoms with van der Waals surface area (Å²) in [6.07, 6.45) is 9.05. The summed E-state index contributed by atoms with van der Waals surface area (Å²) in [5.41, 5.74) is 0. The Morgan fingerprint density at radius 1 is 1.26 bits per heavy atom. The Bertz CT molecular complexity index is 452. The Balaban J connectivity index is 0.00000192. The molecule has 6 heteroatoms. The fourth-order valence-corrected chi connectivity index (χ4v) is 3.09. The van der Waals surface area contributed by atoms with Crippen molar-refractivity contribution in [2.45, 2.75) is 44.6 Å². The maximum absolute atomic E-state index is 5.79. The van der Waals surface area contributed by atoms with Crippen molar-refractivity contribution in [2.75, 3.05) is 32.8 Å². The molecule has 0 radical (unpaired) electrons. The maximum Gasteiger partial charge on any atom is 0.194 e. The normalized spacial score (nSPS) is 22.0. The van der Waals surface area contributed by atoms with Gasteiger partial charge in [0.25, 0.3) is 0 Å². The second-order valence-electron chi connectivity index (χ2n) is 6.10. The third-order valence-electron chi connectivity index (χ3n) is 4.36. The van der Waals surface area contributed by atoms with Gasteiger partial charge >= 0.3 is 0 Å². The largest absolute Gasteiger partial charge is 0.469 e. The molecule has 2 aliphatic heterocycles. The number of halogens is 1. The molecule has 1 N–H and O–H groups in total. The van der Waals surface area contributed by atoms with Crippen LogP contribution in [0, 0.1) is 0 Å². The van der Waals surface area contributed by atoms with Crippen molar-refractivity contribution in [2.24, 2.45) is 4.99 Å². The SMILES string of the molecule is I.c1coc(CCNC(=NCC2CCCCO2)N2CCCC2)c1. The average molecular weight is 433 g/mol. The number of hydrogen-bond acceptors (Lipinski definition) is 3. The molecule has 0 bridgehead atoms. The van der Waals surface area contributed by atoms with E-state index in [1.165, 1.54) is 25.7 Å². The van der Waals surface area contributed by atoms with Crippen molar-refractivity contribution >= 4 is 29.9 Å². The van der Waals surface area contributed by atoms with E-state index >= 15 is 0 Å². The van der Waals surface area contributed by atoms with Gasteiger partial charge in [-0.1, -0.05) is 0 Å². The molecule has 0 aromatic carbocycles. The van der Waals surface area contributed by atoms with Crippen LogP contribution in [0.3, 0.4) is 0 Å². The lowest BCUT2D eigenvalue weighted by Crippen LogP contribution is -2.41. The van der Waals surface area contributed by atoms with E-state index in [4.69, 9.17) is 14.1 Å². The Kier molecular flexibility index (Phi) is 8.22. The van der Waals surface area contributed by atoms with Crippen LogP contribution >= 0.6 is 24.0 Å². The minimum atomic E-state index is 0. The first kappa shape index (κ1) is 18.6. The van der Waals surface area contributed by atoms with Crippen molar-refractivity contribution < 1.29 is 9.15 Å². The number of nitrogens with zero attached hydrogens (tertiary/aromatic N) is 2. The van der Waals surface area contributed by atoms with E-state index in [1.807, 2.05) is 12.1 Å². The van der Waals surface area contributed by atoms with Gasteiger partial charge in [0.1, 0.15) is 5.76 Å². The van der Waals surface area contributed by atoms with Crippen molar-refractivity contribution in [1.82, 2.24) is 10.2 Å². The topological polar surface area (TPSA) is 50.0 Å². The van der Waals surface area contributed by atoms with Gasteiger partial charge in [0.15, 0.2) is 5.96 Å². The number of ether oxygens (including phenoxy) is 1. The zero-order chi connectivity index (χ0) is 15.0. The molecule has 2 aliphatic rings. The molecule has 130 valence electrons. The van der Waals surface area contributed by atoms with Crippen LogP contribution < -0.4 is 5.32 Å². The molecule has 0 aliphatic carbocycles. The molecule has 3 heterocycles. The summed E-state index contributed by atoms with van der Waals surface area (Å²) in [6.45, 7) is 4.75. The highest BCUT2D eigenvalue weighted by Gasteiger charge is 2.18. The molecule has 1 aromatic heterocycles. The fraction of sp³-hybridized carbons (Fsp3) is 0.706. The molecular formula is C17H28IN3O2. The Morgan fingerprint density at radius 3 is 2.83 bits per heavy atom. The highest BCUT2D eigenvalue weighted by atomic mass is 127. The Hall–Kier alpha value is -0.760. The number of likely N-dealkylation sites (tertiary alicyclic amines) is 1. The van der Waals surface area contributed by atoms with Gasteiger partial charge in [-0.15, -0.1) is 24.0 Å². The predicted octanol–water partition coefficient (Wildman–Crippen LogP) is 3.05. The van der Waals surface area contributed by atoms with Gasteiger partial charge in [-0.3, -0.25) is 4.99 Å². The van der Waals surface area contributed by atoms with Crippen LogP contribution in [0.25, 0.3) is 0 Å². The molecule has 1 unspecified atom stereocenters. The maximum atomic E-state index is 5.79. The molecule has 5 nitrogen and oxygen atoms in total. The van der Waals surface area contributed by atoms with Crippen LogP contribution in [0.1, 0.15) is 37.9 Å². The Labute approximate surface area is 155 Å². The molecule has 0 amide bonds. The monoisotopic (exact) mass is 433 g/mol. The lowest BCUT2D eigenvalue weighted by atomic mass is 10.1. The number of hydrogen-bond donors (Lipinski definition) is 1. The van der Waals surface area contributed by atoms with Gasteiger partial charge in [0, 0.05) is 32.7 Å². The first-order valence-electron chi connectivity index (χ1n) is 8.59. The smallest absolute Gasteiger partial charge is 0.194 e. The minimum Gasteiger partial charge on any atom is -0.469 e. The van der Waals surface area contributed by atoms with E-state index in [0.717, 1.165) is 57.3 Å². The zero-order valence-corrected chi connectivity index (χ0v) is 16.0. The quantitative estimate of drug-likeness (QED) is 0.441. The van der Waals surface area contributed by atoms with E-state index in [2.05, 4.69) is 10.2 Å². The summed E-state index contributed by atoms with van der Waals surface area (Å²) < 4.78 is 11.2. The Morgan fingerprint density at radius 2 is 2.13 bits per heavy atom. The lowest BCUT2D eigenvalue weighted by molar-refractivity contribution is 0.0223. The van der Waals surface area contributed by atoms with Crippen molar-refractivity contribution in [3.05, 3.63) is 24.2 Å². The molecular weight excluding hydrogens is 405 g/mol. The molecule has 1 aromatic rings. The highest BCUT2D eigenvalue weighted by Crippen LogP contribution is 2.13. The van der Waals surface area contributed by atoms with Crippen LogP contribution in [-0.2, 0) is 11.2 Å². The summed E-state index contributed by atoms with van der Waals surface area (Å²) in [6, 6.07) is 3.95. The molecule has 2 saturated heterocycles. The van der Waals surface area contributed by atoms with E-state index < -0.39 is 0 Å². The second kappa shape index (κ2) is 10.2. The number of nitrogens with one attached hydrogen (secondary N) is 1. The van der Waals surface area contributed by atoms with Gasteiger partial charge in [-0.25, -0.2) is 0 Å². The summed E-state index contributed by atoms with van der Waals surface area (Å²) >= 11 is 0. The first-order chi connectivity index (χ1) is 10.9. The molecule has 1 atom stereocenters. The second-order valence-corrected chi connectivity index (χ2v) is 6.10. The van der Waals surface area contributed by atoms with Crippen LogP contribution in [0.4, 0.5) is 0 Å². The number of rotatable bonds is 5. The molecule has 3 rings (SSSR count). The lowest BCUT2D eigenvalue weighted by Gasteiger charge is -2.24. The van der Waals surface area contributed by atoms with Crippen molar-refractivity contribution in [1.29, 1.82) is 0 Å². The fourth-order valence-electron chi connectivity index (χ4n) is 3.09. The van der Waals surface area contributed by atoms with Crippen LogP contribution in [0.5, 0.6) is 0 Å². The summed E-state index contributed by atoms with van der Waals surface area (Å²) in [4.78, 5) is 7.19. The van der Waals surface area contributed by atoms with Gasteiger partial charge in [-0.05, 0) is 44.2 Å². The van der Waals surface area contributed by atoms with E-state index in [9.17, 15) is 0 Å². The van der Waals surface area contributed by atoms with Gasteiger partial charge < -0.3 is 19.4 Å². The molecule has 0 spiro atoms. The third-order valence-corrected chi connectivity index (χ3v) is 4.36. The number of guanidine groups is 1. The summed E-state index contributed by atoms with van der Waals surface area (Å²) in [7, 11) is 0. The number of aliphatic imine (C=N–C) groups is 1. The zero-order valence-electron chi connectivity index (χ0n) is 13.7. The molecule has 0 saturated carbocycles. The first-order valence-corrected chi connectivity index (χ1v) is 8.59. The number of furan rings is 1. The standard InChI is InChI=1S/C17H27N3O2.HI/c1-4-12-22-16(6-1)14-19-17(20-10-2-3-11-20)18-9-8-15-7-5-13-21-15;/h5,7,13,16H,1-4,6,8-12,14H2,(H,18,19);1H. The molecule has 2 fully saturated rings. The summed E-state index contributed by atoms with van der Waals surface area (Å²) in [5, 5.41) is 3.50. The van der Waals surface area contributed by atoms with Gasteiger partial charge in [0.05, 0.1) is 18.9 Å². The average Bonchev–Trinajstić information content (AvgIpc) is 3.25. The predicted molar refractivity (Wildman–Crippen MR) is 103 cm³/mol. The van der Waals surface area contributed by atoms with Crippen molar-refractivity contribution in [3.8, 4) is 0 Å². The summed E-state index contributed by atoms with van der Waals surface area (Å²) in [5.74, 6) is 2.06. The molecule has 23 heavy (non-hydrogen) atoms. The van der Waals surface area contributed by atoms with Crippen LogP contribution in [-0.4, -0.2) is 49.7 Å². The van der Waals surface area contributed by atoms with Crippen LogP contribution in [0.15, 0.2) is 27.8 Å². The van der Waals surface area contributed by atoms with Gasteiger partial charge in [-0.2, -0.15) is 0 Å². The highest BCUT2D eigenvalue weighted by molar-refractivity contribution is 14.0. The van der Waals surface area contributed by atoms with E-state index in [1.54, 1.807) is 6.26 Å². The van der Waals surface area contributed by atoms with E-state index in [0.29, 0.717) is 6.10 Å².